The number of para-hydroxylation sites is 1. The zero-order valence-corrected chi connectivity index (χ0v) is 13.5. The van der Waals surface area contributed by atoms with Crippen molar-refractivity contribution in [2.24, 2.45) is 4.99 Å². The molecule has 4 nitrogen and oxygen atoms in total. The maximum atomic E-state index is 12.5. The summed E-state index contributed by atoms with van der Waals surface area (Å²) < 4.78 is 0. The van der Waals surface area contributed by atoms with Gasteiger partial charge in [0.05, 0.1) is 10.6 Å². The summed E-state index contributed by atoms with van der Waals surface area (Å²) in [4.78, 5) is 19.3. The van der Waals surface area contributed by atoms with Gasteiger partial charge in [-0.2, -0.15) is 0 Å². The smallest absolute Gasteiger partial charge is 0.266 e. The number of rotatable bonds is 3. The number of phenols is 1. The quantitative estimate of drug-likeness (QED) is 0.868. The Morgan fingerprint density at radius 1 is 1.17 bits per heavy atom. The molecule has 23 heavy (non-hydrogen) atoms. The second kappa shape index (κ2) is 6.71. The molecule has 2 aromatic rings. The highest BCUT2D eigenvalue weighted by molar-refractivity contribution is 8.18. The molecule has 0 aliphatic carbocycles. The number of aromatic hydroxyl groups is 1. The van der Waals surface area contributed by atoms with Gasteiger partial charge in [-0.25, -0.2) is 4.99 Å². The molecule has 0 aromatic heterocycles. The lowest BCUT2D eigenvalue weighted by Crippen LogP contribution is -2.28. The zero-order valence-electron chi connectivity index (χ0n) is 12.6. The summed E-state index contributed by atoms with van der Waals surface area (Å²) in [6, 6.07) is 16.4. The molecule has 3 rings (SSSR count). The first kappa shape index (κ1) is 15.4. The van der Waals surface area contributed by atoms with E-state index in [0.29, 0.717) is 16.6 Å². The Hall–Kier alpha value is -2.53. The van der Waals surface area contributed by atoms with Crippen LogP contribution in [-0.4, -0.2) is 27.6 Å². The van der Waals surface area contributed by atoms with Crippen molar-refractivity contribution in [3.05, 3.63) is 65.1 Å². The number of amidine groups is 1. The van der Waals surface area contributed by atoms with E-state index in [1.54, 1.807) is 29.2 Å². The van der Waals surface area contributed by atoms with Gasteiger partial charge in [-0.1, -0.05) is 30.3 Å². The molecule has 1 fully saturated rings. The van der Waals surface area contributed by atoms with Gasteiger partial charge in [-0.3, -0.25) is 9.69 Å². The molecule has 1 N–H and O–H groups in total. The van der Waals surface area contributed by atoms with Crippen LogP contribution in [0.15, 0.2) is 64.5 Å². The molecule has 1 saturated heterocycles. The number of benzene rings is 2. The lowest BCUT2D eigenvalue weighted by Gasteiger charge is -2.11. The van der Waals surface area contributed by atoms with Crippen LogP contribution in [0, 0.1) is 0 Å². The van der Waals surface area contributed by atoms with Gasteiger partial charge in [0.15, 0.2) is 5.17 Å². The standard InChI is InChI=1S/C18H16N2O2S/c1-2-20-17(22)16(12-13-7-6-10-15(21)11-13)23-18(20)19-14-8-4-3-5-9-14/h3-12,21H,2H2,1H3/b16-12-,19-18?. The highest BCUT2D eigenvalue weighted by Crippen LogP contribution is 2.34. The van der Waals surface area contributed by atoms with E-state index in [-0.39, 0.29) is 11.7 Å². The number of carbonyl (C=O) groups excluding carboxylic acids is 1. The number of likely N-dealkylation sites (N-methyl/N-ethyl adjacent to an activating group) is 1. The first-order valence-electron chi connectivity index (χ1n) is 7.31. The SMILES string of the molecule is CCN1C(=O)/C(=C/c2cccc(O)c2)SC1=Nc1ccccc1. The monoisotopic (exact) mass is 324 g/mol. The minimum Gasteiger partial charge on any atom is -0.508 e. The van der Waals surface area contributed by atoms with Crippen molar-refractivity contribution in [2.75, 3.05) is 6.54 Å². The Bertz CT molecular complexity index is 785. The van der Waals surface area contributed by atoms with Gasteiger partial charge in [0.1, 0.15) is 5.75 Å². The number of hydrogen-bond donors (Lipinski definition) is 1. The second-order valence-electron chi connectivity index (χ2n) is 4.98. The minimum absolute atomic E-state index is 0.0597. The van der Waals surface area contributed by atoms with Crippen LogP contribution in [0.25, 0.3) is 6.08 Å². The van der Waals surface area contributed by atoms with Crippen LogP contribution in [0.3, 0.4) is 0 Å². The lowest BCUT2D eigenvalue weighted by atomic mass is 10.2. The maximum Gasteiger partial charge on any atom is 0.266 e. The van der Waals surface area contributed by atoms with Crippen molar-refractivity contribution in [3.8, 4) is 5.75 Å². The van der Waals surface area contributed by atoms with E-state index in [9.17, 15) is 9.90 Å². The van der Waals surface area contributed by atoms with Crippen LogP contribution in [0.2, 0.25) is 0 Å². The molecular formula is C18H16N2O2S. The van der Waals surface area contributed by atoms with E-state index in [4.69, 9.17) is 0 Å². The molecule has 2 aromatic carbocycles. The average molecular weight is 324 g/mol. The summed E-state index contributed by atoms with van der Waals surface area (Å²) in [7, 11) is 0. The number of carbonyl (C=O) groups is 1. The van der Waals surface area contributed by atoms with Gasteiger partial charge in [0.25, 0.3) is 5.91 Å². The van der Waals surface area contributed by atoms with Crippen LogP contribution in [0.5, 0.6) is 5.75 Å². The van der Waals surface area contributed by atoms with Crippen molar-refractivity contribution in [2.45, 2.75) is 6.92 Å². The number of aliphatic imine (C=N–C) groups is 1. The number of amides is 1. The fraction of sp³-hybridized carbons (Fsp3) is 0.111. The van der Waals surface area contributed by atoms with Gasteiger partial charge in [0, 0.05) is 6.54 Å². The largest absolute Gasteiger partial charge is 0.508 e. The van der Waals surface area contributed by atoms with Gasteiger partial charge in [-0.15, -0.1) is 0 Å². The van der Waals surface area contributed by atoms with Crippen molar-refractivity contribution >= 4 is 34.6 Å². The van der Waals surface area contributed by atoms with Crippen molar-refractivity contribution in [3.63, 3.8) is 0 Å². The second-order valence-corrected chi connectivity index (χ2v) is 5.99. The summed E-state index contributed by atoms with van der Waals surface area (Å²) in [5.41, 5.74) is 1.61. The Morgan fingerprint density at radius 3 is 2.65 bits per heavy atom. The third-order valence-corrected chi connectivity index (χ3v) is 4.36. The molecule has 1 amide bonds. The topological polar surface area (TPSA) is 52.9 Å². The lowest BCUT2D eigenvalue weighted by molar-refractivity contribution is -0.122. The molecule has 1 aliphatic heterocycles. The summed E-state index contributed by atoms with van der Waals surface area (Å²) in [5.74, 6) is 0.121. The van der Waals surface area contributed by atoms with Crippen LogP contribution in [0.1, 0.15) is 12.5 Å². The molecule has 5 heteroatoms. The summed E-state index contributed by atoms with van der Waals surface area (Å²) >= 11 is 1.35. The fourth-order valence-corrected chi connectivity index (χ4v) is 3.31. The first-order valence-corrected chi connectivity index (χ1v) is 8.13. The number of thioether (sulfide) groups is 1. The molecule has 0 spiro atoms. The predicted octanol–water partition coefficient (Wildman–Crippen LogP) is 4.02. The van der Waals surface area contributed by atoms with Gasteiger partial charge < -0.3 is 5.11 Å². The molecule has 0 atom stereocenters. The molecule has 0 bridgehead atoms. The fourth-order valence-electron chi connectivity index (χ4n) is 2.25. The van der Waals surface area contributed by atoms with E-state index in [1.165, 1.54) is 11.8 Å². The highest BCUT2D eigenvalue weighted by Gasteiger charge is 2.32. The van der Waals surface area contributed by atoms with Crippen molar-refractivity contribution in [1.82, 2.24) is 4.90 Å². The normalized spacial score (nSPS) is 18.1. The number of phenolic OH excluding ortho intramolecular Hbond substituents is 1. The maximum absolute atomic E-state index is 12.5. The number of nitrogens with zero attached hydrogens (tertiary/aromatic N) is 2. The van der Waals surface area contributed by atoms with E-state index < -0.39 is 0 Å². The Labute approximate surface area is 139 Å². The van der Waals surface area contributed by atoms with Crippen molar-refractivity contribution < 1.29 is 9.90 Å². The Balaban J connectivity index is 1.93. The summed E-state index contributed by atoms with van der Waals surface area (Å²) in [6.07, 6.45) is 1.78. The Kier molecular flexibility index (Phi) is 4.48. The Morgan fingerprint density at radius 2 is 1.96 bits per heavy atom. The molecular weight excluding hydrogens is 308 g/mol. The van der Waals surface area contributed by atoms with Crippen LogP contribution < -0.4 is 0 Å². The summed E-state index contributed by atoms with van der Waals surface area (Å²) in [6.45, 7) is 2.49. The minimum atomic E-state index is -0.0597. The highest BCUT2D eigenvalue weighted by atomic mass is 32.2. The number of hydrogen-bond acceptors (Lipinski definition) is 4. The first-order chi connectivity index (χ1) is 11.2. The molecule has 0 radical (unpaired) electrons. The van der Waals surface area contributed by atoms with E-state index >= 15 is 0 Å². The van der Waals surface area contributed by atoms with Crippen LogP contribution >= 0.6 is 11.8 Å². The molecule has 0 saturated carbocycles. The molecule has 0 unspecified atom stereocenters. The van der Waals surface area contributed by atoms with Gasteiger partial charge >= 0.3 is 0 Å². The van der Waals surface area contributed by atoms with E-state index in [1.807, 2.05) is 43.3 Å². The predicted molar refractivity (Wildman–Crippen MR) is 94.6 cm³/mol. The molecule has 1 aliphatic rings. The van der Waals surface area contributed by atoms with E-state index in [0.717, 1.165) is 11.3 Å². The van der Waals surface area contributed by atoms with Crippen molar-refractivity contribution in [1.29, 1.82) is 0 Å². The third-order valence-electron chi connectivity index (χ3n) is 3.35. The zero-order chi connectivity index (χ0) is 16.2. The van der Waals surface area contributed by atoms with Crippen LogP contribution in [-0.2, 0) is 4.79 Å². The van der Waals surface area contributed by atoms with Gasteiger partial charge in [0.2, 0.25) is 0 Å². The van der Waals surface area contributed by atoms with Gasteiger partial charge in [-0.05, 0) is 54.6 Å². The molecule has 116 valence electrons. The average Bonchev–Trinajstić information content (AvgIpc) is 2.83. The summed E-state index contributed by atoms with van der Waals surface area (Å²) in [5, 5.41) is 10.2. The van der Waals surface area contributed by atoms with Crippen LogP contribution in [0.4, 0.5) is 5.69 Å². The molecule has 1 heterocycles. The third kappa shape index (κ3) is 3.46. The van der Waals surface area contributed by atoms with E-state index in [2.05, 4.69) is 4.99 Å².